The van der Waals surface area contributed by atoms with E-state index >= 15 is 0 Å². The summed E-state index contributed by atoms with van der Waals surface area (Å²) in [4.78, 5) is 13.1. The summed E-state index contributed by atoms with van der Waals surface area (Å²) in [6.45, 7) is 0.606. The van der Waals surface area contributed by atoms with Gasteiger partial charge in [0.05, 0.1) is 0 Å². The van der Waals surface area contributed by atoms with Crippen molar-refractivity contribution in [3.8, 4) is 0 Å². The van der Waals surface area contributed by atoms with Crippen LogP contribution in [-0.2, 0) is 0 Å². The molecule has 0 unspecified atom stereocenters. The van der Waals surface area contributed by atoms with Gasteiger partial charge in [0.25, 0.3) is 5.91 Å². The Morgan fingerprint density at radius 2 is 2.05 bits per heavy atom. The standard InChI is InChI=1S/C13H16F3N5O/c14-13(15,16)6-1-7-21-8-18-20-11(21)9-2-4-10(5-3-9)12(22)19-17/h2-5,18H,1,6-8,17H2,(H,19,22). The number of amides is 1. The Balaban J connectivity index is 2.00. The molecule has 0 radical (unpaired) electrons. The Bertz CT molecular complexity index is 556. The van der Waals surface area contributed by atoms with Crippen molar-refractivity contribution in [3.05, 3.63) is 35.4 Å². The molecular formula is C13H16F3N5O. The number of nitrogens with two attached hydrogens (primary N) is 1. The average molecular weight is 315 g/mol. The van der Waals surface area contributed by atoms with Gasteiger partial charge in [-0.15, -0.1) is 0 Å². The summed E-state index contributed by atoms with van der Waals surface area (Å²) in [7, 11) is 0. The van der Waals surface area contributed by atoms with Gasteiger partial charge in [-0.2, -0.15) is 18.3 Å². The lowest BCUT2D eigenvalue weighted by Gasteiger charge is -2.19. The van der Waals surface area contributed by atoms with Gasteiger partial charge < -0.3 is 4.90 Å². The molecule has 0 aliphatic carbocycles. The minimum atomic E-state index is -4.15. The van der Waals surface area contributed by atoms with E-state index in [4.69, 9.17) is 5.84 Å². The normalized spacial score (nSPS) is 14.5. The van der Waals surface area contributed by atoms with Crippen molar-refractivity contribution in [1.82, 2.24) is 15.8 Å². The predicted molar refractivity (Wildman–Crippen MR) is 74.6 cm³/mol. The van der Waals surface area contributed by atoms with Crippen molar-refractivity contribution in [2.75, 3.05) is 13.2 Å². The second kappa shape index (κ2) is 6.65. The SMILES string of the molecule is NNC(=O)c1ccc(C2=NNCN2CCCC(F)(F)F)cc1. The maximum absolute atomic E-state index is 12.2. The molecule has 1 amide bonds. The highest BCUT2D eigenvalue weighted by molar-refractivity contribution is 6.01. The van der Waals surface area contributed by atoms with E-state index in [0.717, 1.165) is 0 Å². The summed E-state index contributed by atoms with van der Waals surface area (Å²) in [5, 5.41) is 4.08. The number of hydrazone groups is 1. The van der Waals surface area contributed by atoms with E-state index in [0.29, 0.717) is 23.6 Å². The molecule has 1 aliphatic heterocycles. The third-order valence-corrected chi connectivity index (χ3v) is 3.17. The van der Waals surface area contributed by atoms with E-state index in [1.54, 1.807) is 29.2 Å². The number of hydrazine groups is 1. The van der Waals surface area contributed by atoms with E-state index in [1.807, 2.05) is 5.43 Å². The molecule has 0 aromatic heterocycles. The third kappa shape index (κ3) is 4.10. The van der Waals surface area contributed by atoms with Gasteiger partial charge in [-0.1, -0.05) is 12.1 Å². The Morgan fingerprint density at radius 3 is 2.64 bits per heavy atom. The smallest absolute Gasteiger partial charge is 0.336 e. The summed E-state index contributed by atoms with van der Waals surface area (Å²) in [5.41, 5.74) is 5.88. The van der Waals surface area contributed by atoms with Crippen molar-refractivity contribution < 1.29 is 18.0 Å². The Labute approximate surface area is 125 Å². The van der Waals surface area contributed by atoms with Crippen molar-refractivity contribution in [2.24, 2.45) is 10.9 Å². The monoisotopic (exact) mass is 315 g/mol. The average Bonchev–Trinajstić information content (AvgIpc) is 2.94. The molecule has 1 aliphatic rings. The number of carbonyl (C=O) groups is 1. The van der Waals surface area contributed by atoms with Gasteiger partial charge in [0.1, 0.15) is 6.67 Å². The maximum atomic E-state index is 12.2. The number of amidine groups is 1. The summed E-state index contributed by atoms with van der Waals surface area (Å²) >= 11 is 0. The molecule has 1 aromatic rings. The fraction of sp³-hybridized carbons (Fsp3) is 0.385. The van der Waals surface area contributed by atoms with Crippen LogP contribution in [-0.4, -0.2) is 36.0 Å². The van der Waals surface area contributed by atoms with Crippen LogP contribution < -0.4 is 16.7 Å². The molecule has 0 atom stereocenters. The van der Waals surface area contributed by atoms with Gasteiger partial charge >= 0.3 is 6.18 Å². The topological polar surface area (TPSA) is 82.7 Å². The summed E-state index contributed by atoms with van der Waals surface area (Å²) in [5.74, 6) is 5.18. The summed E-state index contributed by atoms with van der Waals surface area (Å²) < 4.78 is 36.6. The number of rotatable bonds is 5. The highest BCUT2D eigenvalue weighted by Gasteiger charge is 2.27. The molecule has 2 rings (SSSR count). The van der Waals surface area contributed by atoms with Crippen LogP contribution in [0.15, 0.2) is 29.4 Å². The van der Waals surface area contributed by atoms with Crippen LogP contribution in [0, 0.1) is 0 Å². The van der Waals surface area contributed by atoms with E-state index in [1.165, 1.54) is 0 Å². The Kier molecular flexibility index (Phi) is 4.86. The molecule has 0 bridgehead atoms. The minimum Gasteiger partial charge on any atom is -0.336 e. The number of nitrogens with one attached hydrogen (secondary N) is 2. The van der Waals surface area contributed by atoms with Gasteiger partial charge in [-0.3, -0.25) is 15.6 Å². The largest absolute Gasteiger partial charge is 0.389 e. The molecule has 4 N–H and O–H groups in total. The second-order valence-corrected chi connectivity index (χ2v) is 4.78. The van der Waals surface area contributed by atoms with Crippen molar-refractivity contribution in [3.63, 3.8) is 0 Å². The van der Waals surface area contributed by atoms with Gasteiger partial charge in [-0.05, 0) is 18.6 Å². The first kappa shape index (κ1) is 16.1. The van der Waals surface area contributed by atoms with Gasteiger partial charge in [-0.25, -0.2) is 5.84 Å². The fourth-order valence-corrected chi connectivity index (χ4v) is 2.10. The van der Waals surface area contributed by atoms with E-state index in [-0.39, 0.29) is 13.0 Å². The number of halogens is 3. The zero-order valence-corrected chi connectivity index (χ0v) is 11.7. The Hall–Kier alpha value is -2.29. The number of carbonyl (C=O) groups excluding carboxylic acids is 1. The van der Waals surface area contributed by atoms with Gasteiger partial charge in [0.15, 0.2) is 5.84 Å². The van der Waals surface area contributed by atoms with E-state index in [9.17, 15) is 18.0 Å². The first-order chi connectivity index (χ1) is 10.4. The maximum Gasteiger partial charge on any atom is 0.389 e. The number of nitrogen functional groups attached to an aromatic ring is 1. The van der Waals surface area contributed by atoms with Gasteiger partial charge in [0.2, 0.25) is 0 Å². The molecule has 0 spiro atoms. The van der Waals surface area contributed by atoms with E-state index < -0.39 is 18.5 Å². The first-order valence-corrected chi connectivity index (χ1v) is 6.64. The van der Waals surface area contributed by atoms with Crippen LogP contribution in [0.25, 0.3) is 0 Å². The highest BCUT2D eigenvalue weighted by atomic mass is 19.4. The first-order valence-electron chi connectivity index (χ1n) is 6.64. The summed E-state index contributed by atoms with van der Waals surface area (Å²) in [6.07, 6.45) is -4.98. The Morgan fingerprint density at radius 1 is 1.36 bits per heavy atom. The highest BCUT2D eigenvalue weighted by Crippen LogP contribution is 2.22. The molecule has 22 heavy (non-hydrogen) atoms. The molecule has 0 saturated heterocycles. The van der Waals surface area contributed by atoms with Crippen LogP contribution in [0.5, 0.6) is 0 Å². The van der Waals surface area contributed by atoms with Crippen molar-refractivity contribution in [2.45, 2.75) is 19.0 Å². The zero-order valence-electron chi connectivity index (χ0n) is 11.7. The van der Waals surface area contributed by atoms with E-state index in [2.05, 4.69) is 10.5 Å². The van der Waals surface area contributed by atoms with Gasteiger partial charge in [0, 0.05) is 24.1 Å². The van der Waals surface area contributed by atoms with Crippen LogP contribution in [0.1, 0.15) is 28.8 Å². The predicted octanol–water partition coefficient (Wildman–Crippen LogP) is 1.16. The van der Waals surface area contributed by atoms with Crippen LogP contribution >= 0.6 is 0 Å². The lowest BCUT2D eigenvalue weighted by molar-refractivity contribution is -0.135. The molecule has 1 heterocycles. The quantitative estimate of drug-likeness (QED) is 0.432. The summed E-state index contributed by atoms with van der Waals surface area (Å²) in [6, 6.07) is 6.50. The molecule has 1 aromatic carbocycles. The van der Waals surface area contributed by atoms with Crippen LogP contribution in [0.4, 0.5) is 13.2 Å². The molecule has 0 fully saturated rings. The van der Waals surface area contributed by atoms with Crippen LogP contribution in [0.3, 0.4) is 0 Å². The molecule has 6 nitrogen and oxygen atoms in total. The lowest BCUT2D eigenvalue weighted by Crippen LogP contribution is -2.32. The molecule has 0 saturated carbocycles. The number of hydrogen-bond donors (Lipinski definition) is 3. The fourth-order valence-electron chi connectivity index (χ4n) is 2.10. The molecule has 120 valence electrons. The lowest BCUT2D eigenvalue weighted by atomic mass is 10.1. The molecule has 9 heteroatoms. The van der Waals surface area contributed by atoms with Crippen molar-refractivity contribution in [1.29, 1.82) is 0 Å². The van der Waals surface area contributed by atoms with Crippen molar-refractivity contribution >= 4 is 11.7 Å². The number of hydrogen-bond acceptors (Lipinski definition) is 5. The minimum absolute atomic E-state index is 0.00212. The third-order valence-electron chi connectivity index (χ3n) is 3.17. The number of alkyl halides is 3. The zero-order chi connectivity index (χ0) is 16.2. The van der Waals surface area contributed by atoms with Crippen LogP contribution in [0.2, 0.25) is 0 Å². The molecular weight excluding hydrogens is 299 g/mol. The number of benzene rings is 1. The second-order valence-electron chi connectivity index (χ2n) is 4.78. The number of nitrogens with zero attached hydrogens (tertiary/aromatic N) is 2.